The molecule has 1 N–H and O–H groups in total. The van der Waals surface area contributed by atoms with E-state index in [9.17, 15) is 0 Å². The summed E-state index contributed by atoms with van der Waals surface area (Å²) < 4.78 is 7.32. The van der Waals surface area contributed by atoms with Gasteiger partial charge in [-0.3, -0.25) is 4.68 Å². The van der Waals surface area contributed by atoms with Crippen molar-refractivity contribution in [3.63, 3.8) is 0 Å². The van der Waals surface area contributed by atoms with Gasteiger partial charge in [0.1, 0.15) is 5.75 Å². The Bertz CT molecular complexity index is 546. The van der Waals surface area contributed by atoms with Crippen molar-refractivity contribution < 1.29 is 4.74 Å². The second kappa shape index (κ2) is 5.45. The number of methoxy groups -OCH3 is 1. The molecule has 0 aliphatic heterocycles. The molecule has 0 spiro atoms. The fourth-order valence-electron chi connectivity index (χ4n) is 2.14. The fourth-order valence-corrected chi connectivity index (χ4v) is 2.14. The van der Waals surface area contributed by atoms with Crippen LogP contribution >= 0.6 is 0 Å². The molecular weight excluding hydrogens is 238 g/mol. The van der Waals surface area contributed by atoms with Crippen molar-refractivity contribution in [3.8, 4) is 5.75 Å². The number of nitrogens with one attached hydrogen (secondary N) is 1. The molecule has 0 bridgehead atoms. The van der Waals surface area contributed by atoms with E-state index in [1.54, 1.807) is 7.11 Å². The van der Waals surface area contributed by atoms with Crippen molar-refractivity contribution in [2.45, 2.75) is 32.0 Å². The average molecular weight is 257 g/mol. The number of aromatic nitrogens is 2. The molecule has 19 heavy (non-hydrogen) atoms. The zero-order valence-corrected chi connectivity index (χ0v) is 11.2. The van der Waals surface area contributed by atoms with Crippen LogP contribution in [0.3, 0.4) is 0 Å². The summed E-state index contributed by atoms with van der Waals surface area (Å²) >= 11 is 0. The minimum atomic E-state index is 0.734. The van der Waals surface area contributed by atoms with Crippen molar-refractivity contribution in [1.82, 2.24) is 15.1 Å². The summed E-state index contributed by atoms with van der Waals surface area (Å²) in [4.78, 5) is 0. The second-order valence-electron chi connectivity index (χ2n) is 5.01. The van der Waals surface area contributed by atoms with Gasteiger partial charge in [0.15, 0.2) is 0 Å². The first kappa shape index (κ1) is 12.2. The SMILES string of the molecule is COc1ccccc1Cn1cc(CNC2CC2)cn1. The Morgan fingerprint density at radius 3 is 3.00 bits per heavy atom. The lowest BCUT2D eigenvalue weighted by Crippen LogP contribution is -2.14. The van der Waals surface area contributed by atoms with Crippen LogP contribution in [-0.4, -0.2) is 22.9 Å². The first-order valence-electron chi connectivity index (χ1n) is 6.72. The summed E-state index contributed by atoms with van der Waals surface area (Å²) in [6.07, 6.45) is 6.66. The summed E-state index contributed by atoms with van der Waals surface area (Å²) in [6, 6.07) is 8.79. The van der Waals surface area contributed by atoms with Crippen LogP contribution in [0.4, 0.5) is 0 Å². The topological polar surface area (TPSA) is 39.1 Å². The third-order valence-electron chi connectivity index (χ3n) is 3.38. The van der Waals surface area contributed by atoms with Crippen LogP contribution in [-0.2, 0) is 13.1 Å². The first-order valence-corrected chi connectivity index (χ1v) is 6.72. The second-order valence-corrected chi connectivity index (χ2v) is 5.01. The maximum absolute atomic E-state index is 5.36. The number of benzene rings is 1. The Morgan fingerprint density at radius 1 is 1.37 bits per heavy atom. The van der Waals surface area contributed by atoms with Gasteiger partial charge in [0.2, 0.25) is 0 Å². The zero-order chi connectivity index (χ0) is 13.1. The van der Waals surface area contributed by atoms with E-state index < -0.39 is 0 Å². The molecule has 1 saturated carbocycles. The fraction of sp³-hybridized carbons (Fsp3) is 0.400. The summed E-state index contributed by atoms with van der Waals surface area (Å²) in [7, 11) is 1.70. The molecule has 1 heterocycles. The van der Waals surface area contributed by atoms with Gasteiger partial charge in [-0.15, -0.1) is 0 Å². The molecule has 1 aromatic heterocycles. The maximum atomic E-state index is 5.36. The number of ether oxygens (including phenoxy) is 1. The van der Waals surface area contributed by atoms with Crippen LogP contribution in [0.1, 0.15) is 24.0 Å². The zero-order valence-electron chi connectivity index (χ0n) is 11.2. The van der Waals surface area contributed by atoms with Crippen molar-refractivity contribution in [3.05, 3.63) is 47.8 Å². The van der Waals surface area contributed by atoms with E-state index in [0.29, 0.717) is 0 Å². The third-order valence-corrected chi connectivity index (χ3v) is 3.38. The lowest BCUT2D eigenvalue weighted by Gasteiger charge is -2.07. The van der Waals surface area contributed by atoms with Gasteiger partial charge >= 0.3 is 0 Å². The average Bonchev–Trinajstić information content (AvgIpc) is 3.17. The summed E-state index contributed by atoms with van der Waals surface area (Å²) in [6.45, 7) is 1.66. The van der Waals surface area contributed by atoms with E-state index >= 15 is 0 Å². The Morgan fingerprint density at radius 2 is 2.21 bits per heavy atom. The van der Waals surface area contributed by atoms with E-state index in [4.69, 9.17) is 4.74 Å². The molecule has 1 aliphatic carbocycles. The van der Waals surface area contributed by atoms with Crippen molar-refractivity contribution in [2.75, 3.05) is 7.11 Å². The smallest absolute Gasteiger partial charge is 0.123 e. The quantitative estimate of drug-likeness (QED) is 0.862. The molecule has 4 nitrogen and oxygen atoms in total. The number of nitrogens with zero attached hydrogens (tertiary/aromatic N) is 2. The van der Waals surface area contributed by atoms with Gasteiger partial charge in [0, 0.05) is 29.9 Å². The van der Waals surface area contributed by atoms with Crippen LogP contribution < -0.4 is 10.1 Å². The molecule has 100 valence electrons. The monoisotopic (exact) mass is 257 g/mol. The van der Waals surface area contributed by atoms with Gasteiger partial charge in [0.25, 0.3) is 0 Å². The van der Waals surface area contributed by atoms with Crippen LogP contribution in [0.25, 0.3) is 0 Å². The Labute approximate surface area is 113 Å². The highest BCUT2D eigenvalue weighted by Gasteiger charge is 2.20. The van der Waals surface area contributed by atoms with Crippen molar-refractivity contribution in [2.24, 2.45) is 0 Å². The lowest BCUT2D eigenvalue weighted by molar-refractivity contribution is 0.407. The van der Waals surface area contributed by atoms with E-state index in [-0.39, 0.29) is 0 Å². The van der Waals surface area contributed by atoms with Crippen LogP contribution in [0.15, 0.2) is 36.7 Å². The highest BCUT2D eigenvalue weighted by molar-refractivity contribution is 5.33. The van der Waals surface area contributed by atoms with Crippen LogP contribution in [0.2, 0.25) is 0 Å². The molecular formula is C15H19N3O. The number of para-hydroxylation sites is 1. The van der Waals surface area contributed by atoms with E-state index in [1.807, 2.05) is 29.1 Å². The van der Waals surface area contributed by atoms with Crippen molar-refractivity contribution >= 4 is 0 Å². The highest BCUT2D eigenvalue weighted by Crippen LogP contribution is 2.20. The van der Waals surface area contributed by atoms with Gasteiger partial charge in [-0.1, -0.05) is 18.2 Å². The predicted octanol–water partition coefficient (Wildman–Crippen LogP) is 2.19. The van der Waals surface area contributed by atoms with Crippen molar-refractivity contribution in [1.29, 1.82) is 0 Å². The van der Waals surface area contributed by atoms with Crippen LogP contribution in [0, 0.1) is 0 Å². The Hall–Kier alpha value is -1.81. The normalized spacial score (nSPS) is 14.6. The summed E-state index contributed by atoms with van der Waals surface area (Å²) in [5.74, 6) is 0.913. The summed E-state index contributed by atoms with van der Waals surface area (Å²) in [5, 5.41) is 7.90. The highest BCUT2D eigenvalue weighted by atomic mass is 16.5. The molecule has 1 aliphatic rings. The van der Waals surface area contributed by atoms with Crippen LogP contribution in [0.5, 0.6) is 5.75 Å². The molecule has 0 unspecified atom stereocenters. The number of rotatable bonds is 6. The Kier molecular flexibility index (Phi) is 3.51. The molecule has 3 rings (SSSR count). The molecule has 0 atom stereocenters. The summed E-state index contributed by atoms with van der Waals surface area (Å²) in [5.41, 5.74) is 2.39. The molecule has 2 aromatic rings. The molecule has 0 saturated heterocycles. The van der Waals surface area contributed by atoms with E-state index in [1.165, 1.54) is 18.4 Å². The first-order chi connectivity index (χ1) is 9.35. The number of hydrogen-bond donors (Lipinski definition) is 1. The van der Waals surface area contributed by atoms with Gasteiger partial charge in [-0.05, 0) is 18.9 Å². The van der Waals surface area contributed by atoms with Gasteiger partial charge < -0.3 is 10.1 Å². The molecule has 0 amide bonds. The molecule has 1 aromatic carbocycles. The Balaban J connectivity index is 1.65. The van der Waals surface area contributed by atoms with E-state index in [2.05, 4.69) is 22.7 Å². The minimum absolute atomic E-state index is 0.734. The maximum Gasteiger partial charge on any atom is 0.123 e. The minimum Gasteiger partial charge on any atom is -0.496 e. The lowest BCUT2D eigenvalue weighted by atomic mass is 10.2. The van der Waals surface area contributed by atoms with Gasteiger partial charge in [-0.25, -0.2) is 0 Å². The number of hydrogen-bond acceptors (Lipinski definition) is 3. The van der Waals surface area contributed by atoms with Gasteiger partial charge in [-0.2, -0.15) is 5.10 Å². The third kappa shape index (κ3) is 3.15. The standard InChI is InChI=1S/C15H19N3O/c1-19-15-5-3-2-4-13(15)11-18-10-12(9-17-18)8-16-14-6-7-14/h2-5,9-10,14,16H,6-8,11H2,1H3. The predicted molar refractivity (Wildman–Crippen MR) is 74.2 cm³/mol. The largest absolute Gasteiger partial charge is 0.496 e. The molecule has 0 radical (unpaired) electrons. The van der Waals surface area contributed by atoms with E-state index in [0.717, 1.165) is 30.4 Å². The molecule has 4 heteroatoms. The van der Waals surface area contributed by atoms with Gasteiger partial charge in [0.05, 0.1) is 19.9 Å². The molecule has 1 fully saturated rings.